The molecule has 184 valence electrons. The standard InChI is InChI=1S/2C12H21NO3/c2*1-11(2,3)16-10(15)13-8-4-6-12(13)7-5-9(12)14/h2*9,14H,4-8H2,1-3H3/t2*9-,12+/m10/s1. The summed E-state index contributed by atoms with van der Waals surface area (Å²) in [6.45, 7) is 12.6. The largest absolute Gasteiger partial charge is 0.444 e. The van der Waals surface area contributed by atoms with Crippen LogP contribution in [0.3, 0.4) is 0 Å². The molecule has 2 spiro atoms. The van der Waals surface area contributed by atoms with E-state index in [9.17, 15) is 19.8 Å². The number of ether oxygens (including phenoxy) is 2. The minimum atomic E-state index is -0.463. The van der Waals surface area contributed by atoms with Gasteiger partial charge in [0.05, 0.1) is 23.3 Å². The van der Waals surface area contributed by atoms with Gasteiger partial charge >= 0.3 is 12.2 Å². The highest BCUT2D eigenvalue weighted by Crippen LogP contribution is 2.47. The Morgan fingerprint density at radius 2 is 1.06 bits per heavy atom. The molecule has 2 saturated carbocycles. The highest BCUT2D eigenvalue weighted by Gasteiger charge is 2.56. The number of hydrogen-bond acceptors (Lipinski definition) is 6. The van der Waals surface area contributed by atoms with E-state index in [0.717, 1.165) is 51.4 Å². The molecule has 8 nitrogen and oxygen atoms in total. The zero-order valence-electron chi connectivity index (χ0n) is 20.6. The molecule has 4 rings (SSSR count). The number of likely N-dealkylation sites (tertiary alicyclic amines) is 2. The lowest BCUT2D eigenvalue weighted by Gasteiger charge is -2.49. The average Bonchev–Trinajstić information content (AvgIpc) is 3.30. The van der Waals surface area contributed by atoms with Crippen molar-refractivity contribution in [3.8, 4) is 0 Å². The molecular formula is C24H42N2O6. The summed E-state index contributed by atoms with van der Waals surface area (Å²) in [7, 11) is 0. The Bertz CT molecular complexity index is 654. The minimum Gasteiger partial charge on any atom is -0.444 e. The molecule has 4 fully saturated rings. The number of nitrogens with zero attached hydrogens (tertiary/aromatic N) is 2. The van der Waals surface area contributed by atoms with Crippen molar-refractivity contribution in [2.24, 2.45) is 0 Å². The van der Waals surface area contributed by atoms with Gasteiger partial charge in [-0.25, -0.2) is 9.59 Å². The number of carbonyl (C=O) groups is 2. The van der Waals surface area contributed by atoms with Gasteiger partial charge in [0.1, 0.15) is 11.2 Å². The van der Waals surface area contributed by atoms with Crippen molar-refractivity contribution in [3.63, 3.8) is 0 Å². The van der Waals surface area contributed by atoms with Crippen molar-refractivity contribution in [3.05, 3.63) is 0 Å². The van der Waals surface area contributed by atoms with Crippen molar-refractivity contribution in [2.75, 3.05) is 13.1 Å². The summed E-state index contributed by atoms with van der Waals surface area (Å²) in [5.41, 5.74) is -1.53. The molecule has 0 bridgehead atoms. The van der Waals surface area contributed by atoms with Crippen LogP contribution < -0.4 is 0 Å². The van der Waals surface area contributed by atoms with Crippen LogP contribution >= 0.6 is 0 Å². The lowest BCUT2D eigenvalue weighted by molar-refractivity contribution is -0.0851. The first-order chi connectivity index (χ1) is 14.7. The topological polar surface area (TPSA) is 99.5 Å². The smallest absolute Gasteiger partial charge is 0.410 e. The fourth-order valence-corrected chi connectivity index (χ4v) is 5.41. The molecule has 2 saturated heterocycles. The van der Waals surface area contributed by atoms with Crippen LogP contribution in [0, 0.1) is 0 Å². The zero-order valence-corrected chi connectivity index (χ0v) is 20.6. The highest BCUT2D eigenvalue weighted by atomic mass is 16.6. The first kappa shape index (κ1) is 25.1. The summed E-state index contributed by atoms with van der Waals surface area (Å²) >= 11 is 0. The van der Waals surface area contributed by atoms with E-state index >= 15 is 0 Å². The highest BCUT2D eigenvalue weighted by molar-refractivity contribution is 5.70. The van der Waals surface area contributed by atoms with E-state index in [-0.39, 0.29) is 35.5 Å². The number of hydrogen-bond donors (Lipinski definition) is 2. The molecule has 4 atom stereocenters. The van der Waals surface area contributed by atoms with E-state index < -0.39 is 11.2 Å². The second-order valence-corrected chi connectivity index (χ2v) is 11.8. The molecule has 8 heteroatoms. The molecular weight excluding hydrogens is 412 g/mol. The van der Waals surface area contributed by atoms with E-state index in [4.69, 9.17) is 9.47 Å². The van der Waals surface area contributed by atoms with E-state index in [2.05, 4.69) is 0 Å². The van der Waals surface area contributed by atoms with E-state index in [1.165, 1.54) is 0 Å². The van der Waals surface area contributed by atoms with Crippen molar-refractivity contribution < 1.29 is 29.3 Å². The first-order valence-corrected chi connectivity index (χ1v) is 12.1. The Balaban J connectivity index is 0.000000181. The van der Waals surface area contributed by atoms with Crippen LogP contribution in [-0.4, -0.2) is 79.8 Å². The Morgan fingerprint density at radius 3 is 1.28 bits per heavy atom. The fraction of sp³-hybridized carbons (Fsp3) is 0.917. The van der Waals surface area contributed by atoms with Gasteiger partial charge in [-0.2, -0.15) is 0 Å². The van der Waals surface area contributed by atoms with Gasteiger partial charge in [-0.1, -0.05) is 0 Å². The normalized spacial score (nSPS) is 34.0. The number of carbonyl (C=O) groups excluding carboxylic acids is 2. The van der Waals surface area contributed by atoms with Crippen LogP contribution in [0.15, 0.2) is 0 Å². The zero-order chi connectivity index (χ0) is 23.9. The molecule has 2 amide bonds. The predicted octanol–water partition coefficient (Wildman–Crippen LogP) is 3.82. The predicted molar refractivity (Wildman–Crippen MR) is 120 cm³/mol. The Kier molecular flexibility index (Phi) is 6.80. The second kappa shape index (κ2) is 8.67. The fourth-order valence-electron chi connectivity index (χ4n) is 5.41. The van der Waals surface area contributed by atoms with Gasteiger partial charge in [-0.15, -0.1) is 0 Å². The Hall–Kier alpha value is -1.54. The number of aliphatic hydroxyl groups excluding tert-OH is 2. The lowest BCUT2D eigenvalue weighted by atomic mass is 9.72. The SMILES string of the molecule is CC(C)(C)OC(=O)N1CCC[C@@]12CC[C@H]2O.CC(C)(C)OC(=O)N1CCC[C@]12CC[C@@H]2O. The van der Waals surface area contributed by atoms with Gasteiger partial charge < -0.3 is 19.7 Å². The van der Waals surface area contributed by atoms with Crippen LogP contribution in [0.25, 0.3) is 0 Å². The summed E-state index contributed by atoms with van der Waals surface area (Å²) in [6, 6.07) is 0. The van der Waals surface area contributed by atoms with Crippen LogP contribution in [0.1, 0.15) is 92.9 Å². The first-order valence-electron chi connectivity index (χ1n) is 12.1. The minimum absolute atomic E-state index is 0.274. The van der Waals surface area contributed by atoms with E-state index in [1.54, 1.807) is 9.80 Å². The average molecular weight is 455 g/mol. The number of rotatable bonds is 0. The molecule has 2 N–H and O–H groups in total. The maximum Gasteiger partial charge on any atom is 0.410 e. The van der Waals surface area contributed by atoms with Gasteiger partial charge in [0.15, 0.2) is 0 Å². The van der Waals surface area contributed by atoms with Crippen molar-refractivity contribution in [1.82, 2.24) is 9.80 Å². The van der Waals surface area contributed by atoms with Gasteiger partial charge in [0, 0.05) is 13.1 Å². The van der Waals surface area contributed by atoms with E-state index in [0.29, 0.717) is 13.1 Å². The molecule has 32 heavy (non-hydrogen) atoms. The van der Waals surface area contributed by atoms with Crippen LogP contribution in [0.5, 0.6) is 0 Å². The van der Waals surface area contributed by atoms with Crippen LogP contribution in [0.2, 0.25) is 0 Å². The third kappa shape index (κ3) is 4.86. The number of aliphatic hydroxyl groups is 2. The summed E-state index contributed by atoms with van der Waals surface area (Å²) < 4.78 is 10.8. The third-order valence-electron chi connectivity index (χ3n) is 7.23. The molecule has 2 aliphatic heterocycles. The molecule has 0 aromatic heterocycles. The second-order valence-electron chi connectivity index (χ2n) is 11.8. The van der Waals surface area contributed by atoms with Gasteiger partial charge in [0.2, 0.25) is 0 Å². The Morgan fingerprint density at radius 1 is 0.719 bits per heavy atom. The Labute approximate surface area is 192 Å². The number of amides is 2. The molecule has 0 aromatic rings. The summed E-state index contributed by atoms with van der Waals surface area (Å²) in [5, 5.41) is 19.7. The molecule has 2 heterocycles. The lowest BCUT2D eigenvalue weighted by Crippen LogP contribution is -2.62. The third-order valence-corrected chi connectivity index (χ3v) is 7.23. The monoisotopic (exact) mass is 454 g/mol. The van der Waals surface area contributed by atoms with Crippen LogP contribution in [-0.2, 0) is 9.47 Å². The quantitative estimate of drug-likeness (QED) is 0.577. The van der Waals surface area contributed by atoms with Crippen molar-refractivity contribution in [2.45, 2.75) is 127 Å². The molecule has 4 aliphatic rings. The van der Waals surface area contributed by atoms with Crippen molar-refractivity contribution >= 4 is 12.2 Å². The molecule has 0 radical (unpaired) electrons. The summed E-state index contributed by atoms with van der Waals surface area (Å²) in [5.74, 6) is 0. The summed E-state index contributed by atoms with van der Waals surface area (Å²) in [4.78, 5) is 27.5. The molecule has 0 unspecified atom stereocenters. The summed E-state index contributed by atoms with van der Waals surface area (Å²) in [6.07, 6.45) is 5.92. The van der Waals surface area contributed by atoms with Crippen molar-refractivity contribution in [1.29, 1.82) is 0 Å². The maximum atomic E-state index is 12.0. The van der Waals surface area contributed by atoms with Gasteiger partial charge in [-0.3, -0.25) is 9.80 Å². The maximum absolute atomic E-state index is 12.0. The molecule has 0 aromatic carbocycles. The van der Waals surface area contributed by atoms with E-state index in [1.807, 2.05) is 41.5 Å². The molecule has 2 aliphatic carbocycles. The van der Waals surface area contributed by atoms with Gasteiger partial charge in [0.25, 0.3) is 0 Å². The van der Waals surface area contributed by atoms with Crippen LogP contribution in [0.4, 0.5) is 9.59 Å². The van der Waals surface area contributed by atoms with Gasteiger partial charge in [-0.05, 0) is 92.9 Å².